The lowest BCUT2D eigenvalue weighted by molar-refractivity contribution is 0.407. The number of ether oxygens (including phenoxy) is 2. The monoisotopic (exact) mass is 278 g/mol. The molecule has 1 N–H and O–H groups in total. The molecular weight excluding hydrogens is 264 g/mol. The highest BCUT2D eigenvalue weighted by atomic mass is 35.5. The van der Waals surface area contributed by atoms with E-state index in [2.05, 4.69) is 0 Å². The summed E-state index contributed by atoms with van der Waals surface area (Å²) < 4.78 is 10.4. The van der Waals surface area contributed by atoms with Gasteiger partial charge in [-0.05, 0) is 35.9 Å². The van der Waals surface area contributed by atoms with Crippen LogP contribution in [0.5, 0.6) is 17.2 Å². The van der Waals surface area contributed by atoms with Crippen LogP contribution in [0.15, 0.2) is 36.4 Å². The molecule has 0 aliphatic carbocycles. The molecule has 19 heavy (non-hydrogen) atoms. The molecule has 0 atom stereocenters. The number of benzene rings is 2. The van der Waals surface area contributed by atoms with Gasteiger partial charge in [0, 0.05) is 12.0 Å². The summed E-state index contributed by atoms with van der Waals surface area (Å²) in [6.07, 6.45) is 0.626. The van der Waals surface area contributed by atoms with E-state index in [1.807, 2.05) is 18.2 Å². The maximum absolute atomic E-state index is 9.55. The Morgan fingerprint density at radius 3 is 2.32 bits per heavy atom. The van der Waals surface area contributed by atoms with Crippen LogP contribution < -0.4 is 9.47 Å². The summed E-state index contributed by atoms with van der Waals surface area (Å²) >= 11 is 6.10. The van der Waals surface area contributed by atoms with Crippen molar-refractivity contribution in [3.05, 3.63) is 52.5 Å². The van der Waals surface area contributed by atoms with Crippen LogP contribution in [0.2, 0.25) is 5.02 Å². The van der Waals surface area contributed by atoms with Crippen molar-refractivity contribution in [3.8, 4) is 17.2 Å². The predicted octanol–water partition coefficient (Wildman–Crippen LogP) is 3.65. The Morgan fingerprint density at radius 1 is 1.00 bits per heavy atom. The normalized spacial score (nSPS) is 10.3. The second-order valence-corrected chi connectivity index (χ2v) is 4.55. The molecule has 0 fully saturated rings. The van der Waals surface area contributed by atoms with Crippen molar-refractivity contribution in [2.75, 3.05) is 14.2 Å². The third kappa shape index (κ3) is 3.12. The SMILES string of the molecule is COc1ccc(Cc2cc(O)ccc2OC)cc1Cl. The average molecular weight is 279 g/mol. The van der Waals surface area contributed by atoms with E-state index in [0.717, 1.165) is 16.9 Å². The number of rotatable bonds is 4. The zero-order chi connectivity index (χ0) is 13.8. The Hall–Kier alpha value is -1.87. The Kier molecular flexibility index (Phi) is 4.17. The smallest absolute Gasteiger partial charge is 0.137 e. The van der Waals surface area contributed by atoms with Gasteiger partial charge in [0.05, 0.1) is 19.2 Å². The lowest BCUT2D eigenvalue weighted by Crippen LogP contribution is -1.94. The Labute approximate surface area is 117 Å². The summed E-state index contributed by atoms with van der Waals surface area (Å²) in [5, 5.41) is 10.1. The van der Waals surface area contributed by atoms with E-state index >= 15 is 0 Å². The van der Waals surface area contributed by atoms with Gasteiger partial charge in [-0.25, -0.2) is 0 Å². The molecule has 0 radical (unpaired) electrons. The fraction of sp³-hybridized carbons (Fsp3) is 0.200. The summed E-state index contributed by atoms with van der Waals surface area (Å²) in [6, 6.07) is 10.7. The molecule has 0 bridgehead atoms. The molecule has 100 valence electrons. The fourth-order valence-corrected chi connectivity index (χ4v) is 2.22. The van der Waals surface area contributed by atoms with Gasteiger partial charge in [0.25, 0.3) is 0 Å². The second-order valence-electron chi connectivity index (χ2n) is 4.14. The van der Waals surface area contributed by atoms with Crippen LogP contribution in [0.4, 0.5) is 0 Å². The second kappa shape index (κ2) is 5.85. The van der Waals surface area contributed by atoms with Gasteiger partial charge < -0.3 is 14.6 Å². The van der Waals surface area contributed by atoms with E-state index in [4.69, 9.17) is 21.1 Å². The molecule has 0 saturated carbocycles. The number of hydrogen-bond acceptors (Lipinski definition) is 3. The summed E-state index contributed by atoms with van der Waals surface area (Å²) in [4.78, 5) is 0. The first kappa shape index (κ1) is 13.6. The number of hydrogen-bond donors (Lipinski definition) is 1. The number of phenols is 1. The summed E-state index contributed by atoms with van der Waals surface area (Å²) in [7, 11) is 3.19. The Balaban J connectivity index is 2.30. The standard InChI is InChI=1S/C15H15ClO3/c1-18-14-6-4-12(17)9-11(14)7-10-3-5-15(19-2)13(16)8-10/h3-6,8-9,17H,7H2,1-2H3. The van der Waals surface area contributed by atoms with Crippen molar-refractivity contribution in [2.24, 2.45) is 0 Å². The molecule has 0 amide bonds. The number of halogens is 1. The van der Waals surface area contributed by atoms with Crippen molar-refractivity contribution in [3.63, 3.8) is 0 Å². The molecule has 0 saturated heterocycles. The van der Waals surface area contributed by atoms with E-state index in [-0.39, 0.29) is 5.75 Å². The fourth-order valence-electron chi connectivity index (χ4n) is 1.94. The van der Waals surface area contributed by atoms with Crippen LogP contribution in [0.3, 0.4) is 0 Å². The predicted molar refractivity (Wildman–Crippen MR) is 75.5 cm³/mol. The summed E-state index contributed by atoms with van der Waals surface area (Å²) in [6.45, 7) is 0. The molecule has 2 rings (SSSR count). The van der Waals surface area contributed by atoms with Crippen molar-refractivity contribution in [2.45, 2.75) is 6.42 Å². The molecule has 0 aliphatic heterocycles. The van der Waals surface area contributed by atoms with Gasteiger partial charge in [-0.3, -0.25) is 0 Å². The van der Waals surface area contributed by atoms with Gasteiger partial charge in [0.15, 0.2) is 0 Å². The Bertz CT molecular complexity index is 582. The average Bonchev–Trinajstić information content (AvgIpc) is 2.39. The molecule has 3 nitrogen and oxygen atoms in total. The summed E-state index contributed by atoms with van der Waals surface area (Å²) in [5.74, 6) is 1.61. The first-order valence-corrected chi connectivity index (χ1v) is 6.20. The highest BCUT2D eigenvalue weighted by Crippen LogP contribution is 2.29. The van der Waals surface area contributed by atoms with Gasteiger partial charge in [-0.15, -0.1) is 0 Å². The van der Waals surface area contributed by atoms with Crippen molar-refractivity contribution < 1.29 is 14.6 Å². The minimum absolute atomic E-state index is 0.218. The lowest BCUT2D eigenvalue weighted by Gasteiger charge is -2.10. The van der Waals surface area contributed by atoms with Gasteiger partial charge in [-0.1, -0.05) is 17.7 Å². The number of methoxy groups -OCH3 is 2. The zero-order valence-electron chi connectivity index (χ0n) is 10.8. The number of aromatic hydroxyl groups is 1. The lowest BCUT2D eigenvalue weighted by atomic mass is 10.0. The first-order valence-electron chi connectivity index (χ1n) is 5.82. The van der Waals surface area contributed by atoms with Gasteiger partial charge >= 0.3 is 0 Å². The quantitative estimate of drug-likeness (QED) is 0.928. The maximum Gasteiger partial charge on any atom is 0.137 e. The minimum atomic E-state index is 0.218. The van der Waals surface area contributed by atoms with Crippen molar-refractivity contribution >= 4 is 11.6 Å². The molecule has 2 aromatic carbocycles. The van der Waals surface area contributed by atoms with Crippen LogP contribution in [0, 0.1) is 0 Å². The molecule has 0 aliphatic rings. The molecule has 4 heteroatoms. The molecule has 0 spiro atoms. The highest BCUT2D eigenvalue weighted by molar-refractivity contribution is 6.32. The molecular formula is C15H15ClO3. The molecule has 0 unspecified atom stereocenters. The van der Waals surface area contributed by atoms with E-state index in [9.17, 15) is 5.11 Å². The Morgan fingerprint density at radius 2 is 1.68 bits per heavy atom. The van der Waals surface area contributed by atoms with Crippen LogP contribution in [-0.2, 0) is 6.42 Å². The molecule has 0 heterocycles. The first-order chi connectivity index (χ1) is 9.13. The van der Waals surface area contributed by atoms with Crippen molar-refractivity contribution in [1.29, 1.82) is 0 Å². The van der Waals surface area contributed by atoms with Crippen molar-refractivity contribution in [1.82, 2.24) is 0 Å². The van der Waals surface area contributed by atoms with Gasteiger partial charge in [0.1, 0.15) is 17.2 Å². The van der Waals surface area contributed by atoms with E-state index in [1.165, 1.54) is 0 Å². The van der Waals surface area contributed by atoms with Crippen LogP contribution >= 0.6 is 11.6 Å². The van der Waals surface area contributed by atoms with Crippen LogP contribution in [0.1, 0.15) is 11.1 Å². The van der Waals surface area contributed by atoms with E-state index < -0.39 is 0 Å². The van der Waals surface area contributed by atoms with Gasteiger partial charge in [-0.2, -0.15) is 0 Å². The molecule has 0 aromatic heterocycles. The minimum Gasteiger partial charge on any atom is -0.508 e. The van der Waals surface area contributed by atoms with Crippen LogP contribution in [-0.4, -0.2) is 19.3 Å². The van der Waals surface area contributed by atoms with E-state index in [0.29, 0.717) is 17.2 Å². The summed E-state index contributed by atoms with van der Waals surface area (Å²) in [5.41, 5.74) is 1.93. The third-order valence-corrected chi connectivity index (χ3v) is 3.17. The highest BCUT2D eigenvalue weighted by Gasteiger charge is 2.07. The largest absolute Gasteiger partial charge is 0.508 e. The van der Waals surface area contributed by atoms with E-state index in [1.54, 1.807) is 32.4 Å². The molecule has 2 aromatic rings. The zero-order valence-corrected chi connectivity index (χ0v) is 11.6. The van der Waals surface area contributed by atoms with Gasteiger partial charge in [0.2, 0.25) is 0 Å². The third-order valence-electron chi connectivity index (χ3n) is 2.87. The number of phenolic OH excluding ortho intramolecular Hbond substituents is 1. The van der Waals surface area contributed by atoms with Crippen LogP contribution in [0.25, 0.3) is 0 Å². The topological polar surface area (TPSA) is 38.7 Å². The maximum atomic E-state index is 9.55.